The largest absolute Gasteiger partial charge is 0.481 e. The Morgan fingerprint density at radius 2 is 0.841 bits per heavy atom. The van der Waals surface area contributed by atoms with Gasteiger partial charge in [0.05, 0.1) is 0 Å². The summed E-state index contributed by atoms with van der Waals surface area (Å²) < 4.78 is 5.81. The predicted octanol–water partition coefficient (Wildman–Crippen LogP) is 13.5. The molecule has 260 valence electrons. The van der Waals surface area contributed by atoms with E-state index >= 15 is 0 Å². The van der Waals surface area contributed by atoms with Gasteiger partial charge in [-0.3, -0.25) is 9.59 Å². The van der Waals surface area contributed by atoms with Crippen molar-refractivity contribution in [1.29, 1.82) is 0 Å². The minimum atomic E-state index is -0.772. The molecule has 1 unspecified atom stereocenters. The molecule has 0 aromatic rings. The van der Waals surface area contributed by atoms with E-state index in [4.69, 9.17) is 9.84 Å². The summed E-state index contributed by atoms with van der Waals surface area (Å²) >= 11 is 0. The average Bonchev–Trinajstić information content (AvgIpc) is 3.00. The number of carboxylic acid groups (broad SMARTS) is 1. The predicted molar refractivity (Wildman–Crippen MR) is 190 cm³/mol. The number of carboxylic acids is 1. The Labute approximate surface area is 275 Å². The van der Waals surface area contributed by atoms with Crippen molar-refractivity contribution >= 4 is 11.9 Å². The minimum absolute atomic E-state index is 0.116. The zero-order valence-corrected chi connectivity index (χ0v) is 29.7. The number of allylic oxidation sites excluding steroid dienone is 2. The smallest absolute Gasteiger partial charge is 0.306 e. The topological polar surface area (TPSA) is 63.6 Å². The van der Waals surface area contributed by atoms with Crippen molar-refractivity contribution < 1.29 is 19.4 Å². The molecule has 0 fully saturated rings. The summed E-state index contributed by atoms with van der Waals surface area (Å²) in [6, 6.07) is 0. The monoisotopic (exact) mass is 621 g/mol. The van der Waals surface area contributed by atoms with E-state index in [2.05, 4.69) is 26.0 Å². The molecule has 1 N–H and O–H groups in total. The molecule has 0 radical (unpaired) electrons. The van der Waals surface area contributed by atoms with Gasteiger partial charge in [-0.2, -0.15) is 0 Å². The summed E-state index contributed by atoms with van der Waals surface area (Å²) in [7, 11) is 0. The van der Waals surface area contributed by atoms with E-state index in [0.717, 1.165) is 32.1 Å². The molecular weight excluding hydrogens is 544 g/mol. The van der Waals surface area contributed by atoms with Crippen molar-refractivity contribution in [2.75, 3.05) is 0 Å². The fourth-order valence-electron chi connectivity index (χ4n) is 6.08. The van der Waals surface area contributed by atoms with Crippen LogP contribution in [0.1, 0.15) is 226 Å². The first-order valence-corrected chi connectivity index (χ1v) is 19.7. The lowest BCUT2D eigenvalue weighted by molar-refractivity contribution is -0.150. The van der Waals surface area contributed by atoms with Crippen molar-refractivity contribution in [1.82, 2.24) is 0 Å². The summed E-state index contributed by atoms with van der Waals surface area (Å²) in [5, 5.41) is 9.01. The highest BCUT2D eigenvalue weighted by Crippen LogP contribution is 2.18. The molecule has 0 rings (SSSR count). The second-order valence-corrected chi connectivity index (χ2v) is 13.5. The molecule has 0 saturated heterocycles. The van der Waals surface area contributed by atoms with Gasteiger partial charge in [-0.05, 0) is 51.4 Å². The molecule has 0 saturated carbocycles. The van der Waals surface area contributed by atoms with Gasteiger partial charge in [0.1, 0.15) is 6.10 Å². The van der Waals surface area contributed by atoms with Gasteiger partial charge in [-0.25, -0.2) is 0 Å². The highest BCUT2D eigenvalue weighted by molar-refractivity contribution is 5.69. The van der Waals surface area contributed by atoms with Gasteiger partial charge in [0.15, 0.2) is 0 Å². The summed E-state index contributed by atoms with van der Waals surface area (Å²) in [6.45, 7) is 4.55. The SMILES string of the molecule is CCCCCCCCCCCCCC/C=C/CCCC(=O)OC(CCCCCCCCCCCCCCC)CCCC(=O)O. The maximum absolute atomic E-state index is 12.5. The lowest BCUT2D eigenvalue weighted by atomic mass is 10.0. The molecule has 0 bridgehead atoms. The van der Waals surface area contributed by atoms with Crippen LogP contribution in [0, 0.1) is 0 Å². The van der Waals surface area contributed by atoms with Crippen LogP contribution in [-0.2, 0) is 14.3 Å². The summed E-state index contributed by atoms with van der Waals surface area (Å²) in [5.41, 5.74) is 0. The average molecular weight is 621 g/mol. The standard InChI is InChI=1S/C40H76O4/c1-3-5-7-9-11-13-15-17-18-19-20-22-24-26-28-30-32-37-40(43)44-38(35-33-36-39(41)42)34-31-29-27-25-23-21-16-14-12-10-8-6-4-2/h26,28,38H,3-25,27,29-37H2,1-2H3,(H,41,42)/b28-26+. The molecule has 0 aliphatic heterocycles. The Kier molecular flexibility index (Phi) is 35.1. The first-order valence-electron chi connectivity index (χ1n) is 19.7. The Morgan fingerprint density at radius 1 is 0.477 bits per heavy atom. The van der Waals surface area contributed by atoms with Crippen LogP contribution < -0.4 is 0 Å². The quantitative estimate of drug-likeness (QED) is 0.0430. The van der Waals surface area contributed by atoms with Crippen LogP contribution in [0.4, 0.5) is 0 Å². The number of unbranched alkanes of at least 4 members (excludes halogenated alkanes) is 25. The van der Waals surface area contributed by atoms with Crippen LogP contribution >= 0.6 is 0 Å². The first kappa shape index (κ1) is 42.7. The highest BCUT2D eigenvalue weighted by atomic mass is 16.5. The van der Waals surface area contributed by atoms with Gasteiger partial charge in [0.2, 0.25) is 0 Å². The van der Waals surface area contributed by atoms with E-state index in [1.165, 1.54) is 154 Å². The molecule has 0 amide bonds. The van der Waals surface area contributed by atoms with Crippen LogP contribution in [-0.4, -0.2) is 23.1 Å². The number of carbonyl (C=O) groups is 2. The number of aliphatic carboxylic acids is 1. The third-order valence-corrected chi connectivity index (χ3v) is 8.99. The van der Waals surface area contributed by atoms with E-state index in [-0.39, 0.29) is 18.5 Å². The Balaban J connectivity index is 3.81. The fourth-order valence-corrected chi connectivity index (χ4v) is 6.08. The molecule has 1 atom stereocenters. The molecular formula is C40H76O4. The molecule has 0 aromatic carbocycles. The Hall–Kier alpha value is -1.32. The zero-order chi connectivity index (χ0) is 32.2. The van der Waals surface area contributed by atoms with E-state index in [0.29, 0.717) is 19.3 Å². The number of esters is 1. The summed E-state index contributed by atoms with van der Waals surface area (Å²) in [6.07, 6.45) is 43.7. The lowest BCUT2D eigenvalue weighted by Crippen LogP contribution is -2.18. The van der Waals surface area contributed by atoms with Crippen molar-refractivity contribution in [3.63, 3.8) is 0 Å². The second-order valence-electron chi connectivity index (χ2n) is 13.5. The fraction of sp³-hybridized carbons (Fsp3) is 0.900. The van der Waals surface area contributed by atoms with Crippen LogP contribution in [0.15, 0.2) is 12.2 Å². The molecule has 44 heavy (non-hydrogen) atoms. The van der Waals surface area contributed by atoms with Crippen LogP contribution in [0.3, 0.4) is 0 Å². The van der Waals surface area contributed by atoms with Gasteiger partial charge in [-0.15, -0.1) is 0 Å². The molecule has 0 heterocycles. The van der Waals surface area contributed by atoms with Crippen molar-refractivity contribution in [3.05, 3.63) is 12.2 Å². The van der Waals surface area contributed by atoms with E-state index in [1.807, 2.05) is 0 Å². The molecule has 4 nitrogen and oxygen atoms in total. The Bertz CT molecular complexity index is 629. The molecule has 0 aliphatic carbocycles. The zero-order valence-electron chi connectivity index (χ0n) is 29.7. The van der Waals surface area contributed by atoms with Gasteiger partial charge in [-0.1, -0.05) is 174 Å². The van der Waals surface area contributed by atoms with E-state index in [9.17, 15) is 9.59 Å². The van der Waals surface area contributed by atoms with Crippen LogP contribution in [0.25, 0.3) is 0 Å². The number of carbonyl (C=O) groups excluding carboxylic acids is 1. The highest BCUT2D eigenvalue weighted by Gasteiger charge is 2.15. The van der Waals surface area contributed by atoms with Gasteiger partial charge < -0.3 is 9.84 Å². The van der Waals surface area contributed by atoms with E-state index < -0.39 is 5.97 Å². The molecule has 4 heteroatoms. The lowest BCUT2D eigenvalue weighted by Gasteiger charge is -2.18. The van der Waals surface area contributed by atoms with Crippen molar-refractivity contribution in [2.45, 2.75) is 232 Å². The van der Waals surface area contributed by atoms with Crippen LogP contribution in [0.2, 0.25) is 0 Å². The molecule has 0 spiro atoms. The third-order valence-electron chi connectivity index (χ3n) is 8.99. The minimum Gasteiger partial charge on any atom is -0.481 e. The molecule has 0 aromatic heterocycles. The van der Waals surface area contributed by atoms with Gasteiger partial charge in [0, 0.05) is 12.8 Å². The number of hydrogen-bond donors (Lipinski definition) is 1. The van der Waals surface area contributed by atoms with Gasteiger partial charge in [0.25, 0.3) is 0 Å². The number of ether oxygens (including phenoxy) is 1. The van der Waals surface area contributed by atoms with E-state index in [1.54, 1.807) is 0 Å². The molecule has 0 aliphatic rings. The number of hydrogen-bond acceptors (Lipinski definition) is 3. The van der Waals surface area contributed by atoms with Crippen molar-refractivity contribution in [2.24, 2.45) is 0 Å². The van der Waals surface area contributed by atoms with Gasteiger partial charge >= 0.3 is 11.9 Å². The Morgan fingerprint density at radius 3 is 1.27 bits per heavy atom. The summed E-state index contributed by atoms with van der Waals surface area (Å²) in [4.78, 5) is 23.4. The van der Waals surface area contributed by atoms with Crippen LogP contribution in [0.5, 0.6) is 0 Å². The normalized spacial score (nSPS) is 12.2. The first-order chi connectivity index (χ1) is 21.6. The third kappa shape index (κ3) is 35.2. The second kappa shape index (κ2) is 36.2. The maximum Gasteiger partial charge on any atom is 0.306 e. The van der Waals surface area contributed by atoms with Crippen molar-refractivity contribution in [3.8, 4) is 0 Å². The number of rotatable bonds is 36. The maximum atomic E-state index is 12.5. The summed E-state index contributed by atoms with van der Waals surface area (Å²) in [5.74, 6) is -0.888.